The van der Waals surface area contributed by atoms with E-state index >= 15 is 0 Å². The molecule has 0 aromatic rings. The fraction of sp³-hybridized carbons (Fsp3) is 0.538. The van der Waals surface area contributed by atoms with Gasteiger partial charge in [-0.05, 0) is 12.5 Å². The molecule has 0 heterocycles. The largest absolute Gasteiger partial charge is 0.501 e. The van der Waals surface area contributed by atoms with Gasteiger partial charge in [0.25, 0.3) is 0 Å². The number of methoxy groups -OCH3 is 2. The van der Waals surface area contributed by atoms with Crippen LogP contribution in [-0.2, 0) is 19.1 Å². The van der Waals surface area contributed by atoms with Crippen LogP contribution in [0, 0.1) is 0 Å². The second kappa shape index (κ2) is 6.23. The predicted octanol–water partition coefficient (Wildman–Crippen LogP) is 2.04. The molecule has 1 aliphatic carbocycles. The number of rotatable bonds is 6. The van der Waals surface area contributed by atoms with Crippen LogP contribution in [0.3, 0.4) is 0 Å². The summed E-state index contributed by atoms with van der Waals surface area (Å²) < 4.78 is 10.4. The highest BCUT2D eigenvalue weighted by atomic mass is 16.5. The van der Waals surface area contributed by atoms with Crippen LogP contribution in [0.1, 0.15) is 32.6 Å². The third kappa shape index (κ3) is 3.35. The van der Waals surface area contributed by atoms with E-state index in [2.05, 4.69) is 0 Å². The Bertz CT molecular complexity index is 417. The van der Waals surface area contributed by atoms with Crippen LogP contribution in [0.15, 0.2) is 22.7 Å². The zero-order valence-corrected chi connectivity index (χ0v) is 10.9. The number of carboxylic acid groups (broad SMARTS) is 1. The van der Waals surface area contributed by atoms with Gasteiger partial charge >= 0.3 is 5.97 Å². The first kappa shape index (κ1) is 14.3. The lowest BCUT2D eigenvalue weighted by Crippen LogP contribution is -2.15. The first-order valence-electron chi connectivity index (χ1n) is 5.73. The summed E-state index contributed by atoms with van der Waals surface area (Å²) in [6.45, 7) is 1.93. The highest BCUT2D eigenvalue weighted by Crippen LogP contribution is 2.31. The zero-order chi connectivity index (χ0) is 13.7. The van der Waals surface area contributed by atoms with Crippen molar-refractivity contribution in [3.8, 4) is 0 Å². The Morgan fingerprint density at radius 3 is 2.22 bits per heavy atom. The maximum absolute atomic E-state index is 12.0. The molecule has 0 radical (unpaired) electrons. The number of carbonyl (C=O) groups is 2. The molecule has 0 aliphatic heterocycles. The summed E-state index contributed by atoms with van der Waals surface area (Å²) in [5.41, 5.74) is 1.56. The Balaban J connectivity index is 2.83. The highest BCUT2D eigenvalue weighted by Gasteiger charge is 2.24. The first-order valence-corrected chi connectivity index (χ1v) is 5.73. The predicted molar refractivity (Wildman–Crippen MR) is 64.9 cm³/mol. The number of ketones is 1. The molecule has 0 bridgehead atoms. The molecule has 5 nitrogen and oxygen atoms in total. The minimum absolute atomic E-state index is 0.00638. The summed E-state index contributed by atoms with van der Waals surface area (Å²) >= 11 is 0. The lowest BCUT2D eigenvalue weighted by Gasteiger charge is -2.21. The molecule has 100 valence electrons. The lowest BCUT2D eigenvalue weighted by atomic mass is 9.92. The quantitative estimate of drug-likeness (QED) is 0.785. The van der Waals surface area contributed by atoms with Gasteiger partial charge in [-0.2, -0.15) is 0 Å². The van der Waals surface area contributed by atoms with Gasteiger partial charge in [-0.3, -0.25) is 9.59 Å². The monoisotopic (exact) mass is 254 g/mol. The van der Waals surface area contributed by atoms with E-state index in [1.54, 1.807) is 7.11 Å². The molecular weight excluding hydrogens is 236 g/mol. The summed E-state index contributed by atoms with van der Waals surface area (Å²) in [5, 5.41) is 8.59. The Kier molecular flexibility index (Phi) is 4.95. The van der Waals surface area contributed by atoms with E-state index in [1.807, 2.05) is 6.92 Å². The normalized spacial score (nSPS) is 15.7. The molecule has 0 unspecified atom stereocenters. The molecule has 0 spiro atoms. The number of carboxylic acids is 1. The van der Waals surface area contributed by atoms with E-state index in [0.717, 1.165) is 11.3 Å². The van der Waals surface area contributed by atoms with E-state index in [-0.39, 0.29) is 18.6 Å². The van der Waals surface area contributed by atoms with Crippen LogP contribution in [-0.4, -0.2) is 31.1 Å². The zero-order valence-electron chi connectivity index (χ0n) is 10.9. The molecule has 18 heavy (non-hydrogen) atoms. The molecule has 0 atom stereocenters. The van der Waals surface area contributed by atoms with E-state index < -0.39 is 5.97 Å². The summed E-state index contributed by atoms with van der Waals surface area (Å²) in [7, 11) is 3.08. The maximum Gasteiger partial charge on any atom is 0.303 e. The van der Waals surface area contributed by atoms with Crippen molar-refractivity contribution in [2.24, 2.45) is 0 Å². The van der Waals surface area contributed by atoms with Gasteiger partial charge in [0.05, 0.1) is 26.4 Å². The van der Waals surface area contributed by atoms with Gasteiger partial charge in [-0.25, -0.2) is 0 Å². The van der Waals surface area contributed by atoms with E-state index in [0.29, 0.717) is 24.2 Å². The molecule has 5 heteroatoms. The van der Waals surface area contributed by atoms with Crippen molar-refractivity contribution in [2.75, 3.05) is 14.2 Å². The standard InChI is InChI=1S/C13H18O5/c1-8-6-12(18-3)9(7-11(8)17-2)10(14)4-5-13(15)16/h4-7H2,1-3H3,(H,15,16). The molecule has 0 amide bonds. The Hall–Kier alpha value is -1.78. The van der Waals surface area contributed by atoms with Crippen molar-refractivity contribution in [1.82, 2.24) is 0 Å². The molecule has 0 fully saturated rings. The molecule has 1 rings (SSSR count). The van der Waals surface area contributed by atoms with Gasteiger partial charge in [0.15, 0.2) is 5.78 Å². The molecule has 0 saturated heterocycles. The van der Waals surface area contributed by atoms with Crippen molar-refractivity contribution >= 4 is 11.8 Å². The van der Waals surface area contributed by atoms with Gasteiger partial charge in [0, 0.05) is 24.8 Å². The summed E-state index contributed by atoms with van der Waals surface area (Å²) in [6, 6.07) is 0. The lowest BCUT2D eigenvalue weighted by molar-refractivity contribution is -0.138. The van der Waals surface area contributed by atoms with Crippen LogP contribution in [0.2, 0.25) is 0 Å². The number of hydrogen-bond donors (Lipinski definition) is 1. The van der Waals surface area contributed by atoms with Crippen LogP contribution in [0.4, 0.5) is 0 Å². The van der Waals surface area contributed by atoms with E-state index in [4.69, 9.17) is 14.6 Å². The van der Waals surface area contributed by atoms with Gasteiger partial charge in [-0.1, -0.05) is 0 Å². The van der Waals surface area contributed by atoms with E-state index in [9.17, 15) is 9.59 Å². The SMILES string of the molecule is COC1=C(C)CC(OC)=C(C(=O)CCC(=O)O)C1. The van der Waals surface area contributed by atoms with Crippen molar-refractivity contribution in [2.45, 2.75) is 32.6 Å². The summed E-state index contributed by atoms with van der Waals surface area (Å²) in [6.07, 6.45) is 0.746. The van der Waals surface area contributed by atoms with Crippen LogP contribution >= 0.6 is 0 Å². The fourth-order valence-corrected chi connectivity index (χ4v) is 1.92. The first-order chi connectivity index (χ1) is 8.49. The fourth-order valence-electron chi connectivity index (χ4n) is 1.92. The Morgan fingerprint density at radius 1 is 1.11 bits per heavy atom. The minimum Gasteiger partial charge on any atom is -0.501 e. The smallest absolute Gasteiger partial charge is 0.303 e. The average Bonchev–Trinajstić information content (AvgIpc) is 2.35. The Labute approximate surface area is 106 Å². The number of hydrogen-bond acceptors (Lipinski definition) is 4. The van der Waals surface area contributed by atoms with Gasteiger partial charge in [0.1, 0.15) is 5.76 Å². The number of ether oxygens (including phenoxy) is 2. The maximum atomic E-state index is 12.0. The van der Waals surface area contributed by atoms with Gasteiger partial charge < -0.3 is 14.6 Å². The third-order valence-corrected chi connectivity index (χ3v) is 2.97. The summed E-state index contributed by atoms with van der Waals surface area (Å²) in [4.78, 5) is 22.4. The molecule has 0 aromatic carbocycles. The number of Topliss-reactive ketones (excluding diaryl/α,β-unsaturated/α-hetero) is 1. The topological polar surface area (TPSA) is 72.8 Å². The van der Waals surface area contributed by atoms with Gasteiger partial charge in [-0.15, -0.1) is 0 Å². The molecule has 1 aliphatic rings. The molecule has 0 saturated carbocycles. The van der Waals surface area contributed by atoms with Gasteiger partial charge in [0.2, 0.25) is 0 Å². The van der Waals surface area contributed by atoms with Crippen LogP contribution in [0.25, 0.3) is 0 Å². The second-order valence-electron chi connectivity index (χ2n) is 4.18. The van der Waals surface area contributed by atoms with Crippen molar-refractivity contribution in [1.29, 1.82) is 0 Å². The molecule has 0 aromatic heterocycles. The van der Waals surface area contributed by atoms with Crippen LogP contribution in [0.5, 0.6) is 0 Å². The number of allylic oxidation sites excluding steroid dienone is 2. The minimum atomic E-state index is -0.975. The van der Waals surface area contributed by atoms with Crippen molar-refractivity contribution in [3.05, 3.63) is 22.7 Å². The summed E-state index contributed by atoms with van der Waals surface area (Å²) in [5.74, 6) is 0.215. The Morgan fingerprint density at radius 2 is 1.72 bits per heavy atom. The third-order valence-electron chi connectivity index (χ3n) is 2.97. The van der Waals surface area contributed by atoms with Crippen molar-refractivity contribution in [3.63, 3.8) is 0 Å². The second-order valence-corrected chi connectivity index (χ2v) is 4.18. The molecular formula is C13H18O5. The van der Waals surface area contributed by atoms with Crippen LogP contribution < -0.4 is 0 Å². The molecule has 1 N–H and O–H groups in total. The van der Waals surface area contributed by atoms with E-state index in [1.165, 1.54) is 7.11 Å². The highest BCUT2D eigenvalue weighted by molar-refractivity contribution is 5.97. The average molecular weight is 254 g/mol. The number of aliphatic carboxylic acids is 1. The van der Waals surface area contributed by atoms with Crippen molar-refractivity contribution < 1.29 is 24.2 Å². The number of carbonyl (C=O) groups excluding carboxylic acids is 1.